The minimum absolute atomic E-state index is 0.100. The molecule has 0 saturated heterocycles. The Labute approximate surface area is 124 Å². The number of anilines is 2. The van der Waals surface area contributed by atoms with Crippen LogP contribution >= 0.6 is 11.8 Å². The third-order valence-electron chi connectivity index (χ3n) is 4.34. The molecule has 0 aromatic heterocycles. The minimum atomic E-state index is 0.100. The van der Waals surface area contributed by atoms with Crippen LogP contribution in [-0.4, -0.2) is 17.7 Å². The van der Waals surface area contributed by atoms with Crippen LogP contribution < -0.4 is 10.6 Å². The predicted molar refractivity (Wildman–Crippen MR) is 85.5 cm³/mol. The second-order valence-corrected chi connectivity index (χ2v) is 6.85. The summed E-state index contributed by atoms with van der Waals surface area (Å²) < 4.78 is 0. The molecule has 2 aliphatic rings. The molecule has 1 saturated carbocycles. The SMILES string of the molecule is CCC1CCCC(Nc2ccc3c(c2)NC(=O)CS3)C1. The van der Waals surface area contributed by atoms with Crippen molar-refractivity contribution >= 4 is 29.0 Å². The summed E-state index contributed by atoms with van der Waals surface area (Å²) in [5.41, 5.74) is 2.09. The van der Waals surface area contributed by atoms with Crippen LogP contribution in [0.5, 0.6) is 0 Å². The van der Waals surface area contributed by atoms with Crippen molar-refractivity contribution in [2.75, 3.05) is 16.4 Å². The number of carbonyl (C=O) groups excluding carboxylic acids is 1. The molecule has 108 valence electrons. The lowest BCUT2D eigenvalue weighted by molar-refractivity contribution is -0.113. The van der Waals surface area contributed by atoms with Gasteiger partial charge in [0.15, 0.2) is 0 Å². The number of amides is 1. The molecule has 1 fully saturated rings. The Balaban J connectivity index is 1.68. The van der Waals surface area contributed by atoms with E-state index in [1.165, 1.54) is 37.0 Å². The average Bonchev–Trinajstić information content (AvgIpc) is 2.47. The van der Waals surface area contributed by atoms with Gasteiger partial charge in [-0.25, -0.2) is 0 Å². The van der Waals surface area contributed by atoms with Gasteiger partial charge >= 0.3 is 0 Å². The summed E-state index contributed by atoms with van der Waals surface area (Å²) >= 11 is 1.62. The summed E-state index contributed by atoms with van der Waals surface area (Å²) in [6, 6.07) is 6.91. The van der Waals surface area contributed by atoms with Gasteiger partial charge in [0.2, 0.25) is 5.91 Å². The fourth-order valence-electron chi connectivity index (χ4n) is 3.20. The zero-order chi connectivity index (χ0) is 13.9. The molecule has 2 unspecified atom stereocenters. The lowest BCUT2D eigenvalue weighted by atomic mass is 9.84. The molecule has 0 bridgehead atoms. The van der Waals surface area contributed by atoms with E-state index in [0.29, 0.717) is 11.8 Å². The molecular weight excluding hydrogens is 268 g/mol. The van der Waals surface area contributed by atoms with Gasteiger partial charge in [0.05, 0.1) is 11.4 Å². The Morgan fingerprint density at radius 3 is 3.15 bits per heavy atom. The lowest BCUT2D eigenvalue weighted by Gasteiger charge is -2.30. The van der Waals surface area contributed by atoms with Gasteiger partial charge in [-0.1, -0.05) is 26.2 Å². The smallest absolute Gasteiger partial charge is 0.234 e. The molecule has 1 heterocycles. The van der Waals surface area contributed by atoms with Gasteiger partial charge in [-0.3, -0.25) is 4.79 Å². The number of hydrogen-bond donors (Lipinski definition) is 2. The molecule has 3 rings (SSSR count). The Bertz CT molecular complexity index is 503. The quantitative estimate of drug-likeness (QED) is 0.880. The van der Waals surface area contributed by atoms with E-state index in [1.807, 2.05) is 0 Å². The molecule has 0 spiro atoms. The molecule has 1 aromatic carbocycles. The first-order valence-electron chi connectivity index (χ1n) is 7.58. The molecule has 20 heavy (non-hydrogen) atoms. The highest BCUT2D eigenvalue weighted by Gasteiger charge is 2.21. The average molecular weight is 290 g/mol. The fraction of sp³-hybridized carbons (Fsp3) is 0.562. The summed E-state index contributed by atoms with van der Waals surface area (Å²) in [5, 5.41) is 6.61. The molecule has 3 nitrogen and oxygen atoms in total. The molecule has 1 aliphatic carbocycles. The topological polar surface area (TPSA) is 41.1 Å². The molecule has 2 atom stereocenters. The number of fused-ring (bicyclic) bond motifs is 1. The Kier molecular flexibility index (Phi) is 4.20. The normalized spacial score (nSPS) is 25.8. The van der Waals surface area contributed by atoms with Gasteiger partial charge in [-0.2, -0.15) is 0 Å². The van der Waals surface area contributed by atoms with Crippen LogP contribution in [0.25, 0.3) is 0 Å². The van der Waals surface area contributed by atoms with Crippen LogP contribution in [0.3, 0.4) is 0 Å². The van der Waals surface area contributed by atoms with Crippen molar-refractivity contribution in [1.29, 1.82) is 0 Å². The first-order valence-corrected chi connectivity index (χ1v) is 8.56. The van der Waals surface area contributed by atoms with E-state index in [9.17, 15) is 4.79 Å². The van der Waals surface area contributed by atoms with E-state index in [2.05, 4.69) is 35.8 Å². The van der Waals surface area contributed by atoms with E-state index in [-0.39, 0.29) is 5.91 Å². The second-order valence-electron chi connectivity index (χ2n) is 5.83. The largest absolute Gasteiger partial charge is 0.382 e. The summed E-state index contributed by atoms with van der Waals surface area (Å²) in [5.74, 6) is 1.50. The van der Waals surface area contributed by atoms with Crippen molar-refractivity contribution in [1.82, 2.24) is 0 Å². The second kappa shape index (κ2) is 6.08. The standard InChI is InChI=1S/C16H22N2OS/c1-2-11-4-3-5-12(8-11)17-13-6-7-15-14(9-13)18-16(19)10-20-15/h6-7,9,11-12,17H,2-5,8,10H2,1H3,(H,18,19). The van der Waals surface area contributed by atoms with Gasteiger partial charge in [0.25, 0.3) is 0 Å². The van der Waals surface area contributed by atoms with E-state index in [4.69, 9.17) is 0 Å². The first kappa shape index (κ1) is 13.8. The molecule has 1 aliphatic heterocycles. The minimum Gasteiger partial charge on any atom is -0.382 e. The number of benzene rings is 1. The van der Waals surface area contributed by atoms with Gasteiger partial charge in [-0.05, 0) is 37.0 Å². The molecular formula is C16H22N2OS. The van der Waals surface area contributed by atoms with Crippen LogP contribution in [-0.2, 0) is 4.79 Å². The van der Waals surface area contributed by atoms with E-state index in [0.717, 1.165) is 17.3 Å². The van der Waals surface area contributed by atoms with Gasteiger partial charge in [0, 0.05) is 16.6 Å². The van der Waals surface area contributed by atoms with Crippen LogP contribution in [0.1, 0.15) is 39.0 Å². The monoisotopic (exact) mass is 290 g/mol. The Hall–Kier alpha value is -1.16. The van der Waals surface area contributed by atoms with Gasteiger partial charge in [-0.15, -0.1) is 11.8 Å². The van der Waals surface area contributed by atoms with Crippen LogP contribution in [0.2, 0.25) is 0 Å². The van der Waals surface area contributed by atoms with Crippen molar-refractivity contribution in [2.45, 2.75) is 50.0 Å². The summed E-state index contributed by atoms with van der Waals surface area (Å²) in [6.45, 7) is 2.29. The van der Waals surface area contributed by atoms with Crippen molar-refractivity contribution in [3.8, 4) is 0 Å². The highest BCUT2D eigenvalue weighted by Crippen LogP contribution is 2.35. The predicted octanol–water partition coefficient (Wildman–Crippen LogP) is 4.11. The number of hydrogen-bond acceptors (Lipinski definition) is 3. The number of carbonyl (C=O) groups is 1. The third kappa shape index (κ3) is 3.11. The number of rotatable bonds is 3. The molecule has 0 radical (unpaired) electrons. The zero-order valence-corrected chi connectivity index (χ0v) is 12.8. The van der Waals surface area contributed by atoms with Crippen molar-refractivity contribution in [2.24, 2.45) is 5.92 Å². The maximum absolute atomic E-state index is 11.5. The van der Waals surface area contributed by atoms with E-state index in [1.54, 1.807) is 11.8 Å². The van der Waals surface area contributed by atoms with Crippen LogP contribution in [0, 0.1) is 5.92 Å². The summed E-state index contributed by atoms with van der Waals surface area (Å²) in [6.07, 6.45) is 6.53. The molecule has 4 heteroatoms. The lowest BCUT2D eigenvalue weighted by Crippen LogP contribution is -2.27. The number of nitrogens with one attached hydrogen (secondary N) is 2. The fourth-order valence-corrected chi connectivity index (χ4v) is 3.99. The first-order chi connectivity index (χ1) is 9.74. The third-order valence-corrected chi connectivity index (χ3v) is 5.42. The summed E-state index contributed by atoms with van der Waals surface area (Å²) in [4.78, 5) is 12.6. The maximum atomic E-state index is 11.5. The van der Waals surface area contributed by atoms with Gasteiger partial charge < -0.3 is 10.6 Å². The van der Waals surface area contributed by atoms with Crippen molar-refractivity contribution in [3.63, 3.8) is 0 Å². The van der Waals surface area contributed by atoms with E-state index >= 15 is 0 Å². The Morgan fingerprint density at radius 1 is 1.40 bits per heavy atom. The summed E-state index contributed by atoms with van der Waals surface area (Å²) in [7, 11) is 0. The van der Waals surface area contributed by atoms with Crippen LogP contribution in [0.4, 0.5) is 11.4 Å². The molecule has 1 amide bonds. The zero-order valence-electron chi connectivity index (χ0n) is 11.9. The van der Waals surface area contributed by atoms with Gasteiger partial charge in [0.1, 0.15) is 0 Å². The Morgan fingerprint density at radius 2 is 2.30 bits per heavy atom. The van der Waals surface area contributed by atoms with Crippen molar-refractivity contribution < 1.29 is 4.79 Å². The molecule has 1 aromatic rings. The van der Waals surface area contributed by atoms with E-state index < -0.39 is 0 Å². The highest BCUT2D eigenvalue weighted by atomic mass is 32.2. The highest BCUT2D eigenvalue weighted by molar-refractivity contribution is 8.00. The maximum Gasteiger partial charge on any atom is 0.234 e. The van der Waals surface area contributed by atoms with Crippen molar-refractivity contribution in [3.05, 3.63) is 18.2 Å². The molecule has 2 N–H and O–H groups in total. The van der Waals surface area contributed by atoms with Crippen LogP contribution in [0.15, 0.2) is 23.1 Å². The number of thioether (sulfide) groups is 1.